The second-order valence-electron chi connectivity index (χ2n) is 13.0. The second-order valence-corrected chi connectivity index (χ2v) is 13.4. The van der Waals surface area contributed by atoms with Crippen molar-refractivity contribution in [2.45, 2.75) is 44.8 Å². The Morgan fingerprint density at radius 1 is 1.18 bits per heavy atom. The highest BCUT2D eigenvalue weighted by molar-refractivity contribution is 6.35. The third-order valence-corrected chi connectivity index (χ3v) is 10.0. The Kier molecular flexibility index (Phi) is 7.61. The summed E-state index contributed by atoms with van der Waals surface area (Å²) < 4.78 is 42.5. The smallest absolute Gasteiger partial charge is 0.350 e. The van der Waals surface area contributed by atoms with Gasteiger partial charge in [-0.2, -0.15) is 4.98 Å². The summed E-state index contributed by atoms with van der Waals surface area (Å²) in [5.74, 6) is -0.935. The monoisotopic (exact) mass is 639 g/mol. The molecule has 3 saturated heterocycles. The van der Waals surface area contributed by atoms with Gasteiger partial charge in [-0.1, -0.05) is 18.2 Å². The lowest BCUT2D eigenvalue weighted by atomic mass is 9.78. The van der Waals surface area contributed by atoms with Crippen molar-refractivity contribution in [2.75, 3.05) is 57.4 Å². The fourth-order valence-electron chi connectivity index (χ4n) is 7.46. The molecular weight excluding hydrogens is 604 g/mol. The van der Waals surface area contributed by atoms with Gasteiger partial charge in [0.1, 0.15) is 24.1 Å². The van der Waals surface area contributed by atoms with Gasteiger partial charge in [0.05, 0.1) is 29.8 Å². The topological polar surface area (TPSA) is 80.1 Å². The molecule has 0 saturated carbocycles. The molecule has 3 aromatic rings. The van der Waals surface area contributed by atoms with Crippen LogP contribution in [0.1, 0.15) is 32.7 Å². The van der Waals surface area contributed by atoms with Crippen molar-refractivity contribution in [1.29, 1.82) is 0 Å². The van der Waals surface area contributed by atoms with Crippen molar-refractivity contribution in [3.63, 3.8) is 0 Å². The first kappa shape index (κ1) is 30.1. The van der Waals surface area contributed by atoms with Crippen LogP contribution in [0.5, 0.6) is 5.75 Å². The van der Waals surface area contributed by atoms with Gasteiger partial charge in [-0.25, -0.2) is 13.6 Å². The van der Waals surface area contributed by atoms with Gasteiger partial charge in [-0.3, -0.25) is 9.36 Å². The van der Waals surface area contributed by atoms with Gasteiger partial charge < -0.3 is 24.2 Å². The molecule has 0 aliphatic carbocycles. The highest BCUT2D eigenvalue weighted by Gasteiger charge is 2.48. The molecule has 12 heteroatoms. The van der Waals surface area contributed by atoms with E-state index in [-0.39, 0.29) is 52.5 Å². The minimum atomic E-state index is -0.781. The van der Waals surface area contributed by atoms with Gasteiger partial charge in [0.15, 0.2) is 5.75 Å². The Bertz CT molecular complexity index is 1750. The summed E-state index contributed by atoms with van der Waals surface area (Å²) in [5.41, 5.74) is 0.739. The van der Waals surface area contributed by atoms with E-state index in [1.165, 1.54) is 18.2 Å². The van der Waals surface area contributed by atoms with E-state index < -0.39 is 17.3 Å². The maximum absolute atomic E-state index is 15.2. The summed E-state index contributed by atoms with van der Waals surface area (Å²) in [6.45, 7) is 13.2. The van der Waals surface area contributed by atoms with Crippen LogP contribution < -0.4 is 15.3 Å². The third kappa shape index (κ3) is 5.09. The maximum atomic E-state index is 15.2. The summed E-state index contributed by atoms with van der Waals surface area (Å²) >= 11 is 6.87. The first-order chi connectivity index (χ1) is 21.6. The van der Waals surface area contributed by atoms with E-state index in [0.29, 0.717) is 41.6 Å². The molecule has 1 spiro atoms. The van der Waals surface area contributed by atoms with E-state index in [1.54, 1.807) is 15.5 Å². The Balaban J connectivity index is 1.30. The van der Waals surface area contributed by atoms with E-state index in [9.17, 15) is 14.0 Å². The molecule has 3 atom stereocenters. The van der Waals surface area contributed by atoms with E-state index in [1.807, 2.05) is 18.7 Å². The fraction of sp³-hybridized carbons (Fsp3) is 0.485. The average Bonchev–Trinajstić information content (AvgIpc) is 2.96. The largest absolute Gasteiger partial charge is 0.488 e. The molecule has 0 N–H and O–H groups in total. The number of carbonyl (C=O) groups excluding carboxylic acids is 1. The number of aromatic nitrogens is 2. The highest BCUT2D eigenvalue weighted by Crippen LogP contribution is 2.48. The number of rotatable bonds is 7. The van der Waals surface area contributed by atoms with E-state index in [4.69, 9.17) is 21.1 Å². The Morgan fingerprint density at radius 2 is 1.96 bits per heavy atom. The Morgan fingerprint density at radius 3 is 2.64 bits per heavy atom. The molecule has 7 rings (SSSR count). The predicted octanol–water partition coefficient (Wildman–Crippen LogP) is 4.65. The molecule has 4 aliphatic rings. The summed E-state index contributed by atoms with van der Waals surface area (Å²) in [4.78, 5) is 37.3. The summed E-state index contributed by atoms with van der Waals surface area (Å²) in [6, 6.07) is 4.38. The van der Waals surface area contributed by atoms with Crippen LogP contribution >= 0.6 is 11.6 Å². The average molecular weight is 640 g/mol. The lowest BCUT2D eigenvalue weighted by molar-refractivity contribution is -0.188. The van der Waals surface area contributed by atoms with Crippen LogP contribution in [0.25, 0.3) is 22.0 Å². The van der Waals surface area contributed by atoms with Crippen molar-refractivity contribution in [3.8, 4) is 16.9 Å². The molecule has 1 amide bonds. The zero-order valence-corrected chi connectivity index (χ0v) is 26.2. The van der Waals surface area contributed by atoms with E-state index in [2.05, 4.69) is 16.5 Å². The van der Waals surface area contributed by atoms with Crippen LogP contribution in [0.4, 0.5) is 14.6 Å². The Hall–Kier alpha value is -3.54. The molecular formula is C33H36ClF2N5O4. The zero-order chi connectivity index (χ0) is 31.6. The molecule has 5 heterocycles. The molecule has 9 nitrogen and oxygen atoms in total. The number of nitrogens with zero attached hydrogens (tertiary/aromatic N) is 5. The van der Waals surface area contributed by atoms with Crippen LogP contribution in [-0.4, -0.2) is 89.9 Å². The molecule has 1 aromatic heterocycles. The molecule has 238 valence electrons. The van der Waals surface area contributed by atoms with Gasteiger partial charge >= 0.3 is 5.69 Å². The molecule has 0 radical (unpaired) electrons. The zero-order valence-electron chi connectivity index (χ0n) is 25.4. The lowest BCUT2D eigenvalue weighted by Crippen LogP contribution is -2.65. The number of piperazine rings is 1. The molecule has 4 aliphatic heterocycles. The standard InChI is InChI=1S/C33H36ClF2N5O4/c1-4-27(42)39-12-20(3)40(13-19(39)2)31-24-11-25(34)28(23-8-7-21(35)10-26(23)36)30-29(24)41(32(43)37-31)22(14-45-30)6-5-9-38-15-33(16-38)17-44-18-33/h4,7-8,10-11,19-20,22H,1,5-6,9,12-18H2,2-3H3/t19-,20+,22-/m1/s1. The quantitative estimate of drug-likeness (QED) is 0.348. The SMILES string of the molecule is C=CC(=O)N1C[C@H](C)N(c2nc(=O)n3c4c(c(-c5ccc(F)cc5F)c(Cl)cc24)OC[C@H]3CCCN2CC3(COC3)C2)C[C@H]1C. The number of ether oxygens (including phenoxy) is 2. The minimum absolute atomic E-state index is 0.0827. The van der Waals surface area contributed by atoms with Crippen LogP contribution in [0, 0.1) is 17.0 Å². The summed E-state index contributed by atoms with van der Waals surface area (Å²) in [7, 11) is 0. The van der Waals surface area contributed by atoms with E-state index >= 15 is 4.39 Å². The normalized spacial score (nSPS) is 23.9. The first-order valence-electron chi connectivity index (χ1n) is 15.5. The second kappa shape index (κ2) is 11.4. The molecule has 2 aromatic carbocycles. The molecule has 0 bridgehead atoms. The molecule has 0 unspecified atom stereocenters. The number of hydrogen-bond donors (Lipinski definition) is 0. The van der Waals surface area contributed by atoms with Crippen molar-refractivity contribution in [2.24, 2.45) is 5.41 Å². The van der Waals surface area contributed by atoms with Gasteiger partial charge in [0.25, 0.3) is 0 Å². The number of anilines is 1. The van der Waals surface area contributed by atoms with Gasteiger partial charge in [0.2, 0.25) is 5.91 Å². The van der Waals surface area contributed by atoms with Crippen molar-refractivity contribution in [3.05, 3.63) is 64.1 Å². The van der Waals surface area contributed by atoms with Gasteiger partial charge in [-0.05, 0) is 57.5 Å². The number of benzene rings is 2. The van der Waals surface area contributed by atoms with Crippen molar-refractivity contribution >= 4 is 34.2 Å². The number of carbonyl (C=O) groups is 1. The third-order valence-electron chi connectivity index (χ3n) is 9.74. The fourth-order valence-corrected chi connectivity index (χ4v) is 7.76. The summed E-state index contributed by atoms with van der Waals surface area (Å²) in [5, 5.41) is 0.797. The molecule has 3 fully saturated rings. The van der Waals surface area contributed by atoms with Crippen molar-refractivity contribution in [1.82, 2.24) is 19.4 Å². The summed E-state index contributed by atoms with van der Waals surface area (Å²) in [6.07, 6.45) is 2.85. The highest BCUT2D eigenvalue weighted by atomic mass is 35.5. The lowest BCUT2D eigenvalue weighted by Gasteiger charge is -2.55. The first-order valence-corrected chi connectivity index (χ1v) is 15.8. The van der Waals surface area contributed by atoms with Crippen LogP contribution in [0.15, 0.2) is 41.7 Å². The number of hydrogen-bond acceptors (Lipinski definition) is 7. The van der Waals surface area contributed by atoms with Crippen molar-refractivity contribution < 1.29 is 23.0 Å². The van der Waals surface area contributed by atoms with Crippen LogP contribution in [0.3, 0.4) is 0 Å². The number of likely N-dealkylation sites (tertiary alicyclic amines) is 1. The van der Waals surface area contributed by atoms with Gasteiger partial charge in [0, 0.05) is 66.3 Å². The Labute approximate surface area is 265 Å². The maximum Gasteiger partial charge on any atom is 0.350 e. The number of amides is 1. The van der Waals surface area contributed by atoms with Crippen LogP contribution in [-0.2, 0) is 9.53 Å². The van der Waals surface area contributed by atoms with Crippen LogP contribution in [0.2, 0.25) is 5.02 Å². The van der Waals surface area contributed by atoms with Gasteiger partial charge in [-0.15, -0.1) is 0 Å². The predicted molar refractivity (Wildman–Crippen MR) is 168 cm³/mol. The molecule has 45 heavy (non-hydrogen) atoms. The number of halogens is 3. The minimum Gasteiger partial charge on any atom is -0.488 e. The van der Waals surface area contributed by atoms with E-state index in [0.717, 1.165) is 45.3 Å².